The molecule has 7 heteroatoms. The molecule has 0 aliphatic rings. The summed E-state index contributed by atoms with van der Waals surface area (Å²) in [5, 5.41) is 3.90. The molecule has 0 aliphatic carbocycles. The van der Waals surface area contributed by atoms with Crippen LogP contribution >= 0.6 is 23.2 Å². The summed E-state index contributed by atoms with van der Waals surface area (Å²) < 4.78 is 5.65. The zero-order chi connectivity index (χ0) is 17.0. The highest BCUT2D eigenvalue weighted by molar-refractivity contribution is 6.36. The molecule has 3 N–H and O–H groups in total. The van der Waals surface area contributed by atoms with Crippen LogP contribution in [0.3, 0.4) is 0 Å². The fraction of sp³-hybridized carbons (Fsp3) is 0.375. The molecule has 0 bridgehead atoms. The first kappa shape index (κ1) is 17.8. The van der Waals surface area contributed by atoms with Gasteiger partial charge in [-0.15, -0.1) is 0 Å². The number of halogens is 2. The van der Waals surface area contributed by atoms with Gasteiger partial charge in [0.05, 0.1) is 11.2 Å². The van der Waals surface area contributed by atoms with Crippen LogP contribution in [0.1, 0.15) is 26.2 Å². The molecule has 124 valence electrons. The lowest BCUT2D eigenvalue weighted by Gasteiger charge is -2.23. The number of oxazole rings is 1. The maximum atomic E-state index is 11.9. The Bertz CT molecular complexity index is 698. The van der Waals surface area contributed by atoms with Crippen molar-refractivity contribution in [1.82, 2.24) is 10.3 Å². The third kappa shape index (κ3) is 4.96. The van der Waals surface area contributed by atoms with Crippen molar-refractivity contribution in [3.8, 4) is 11.3 Å². The van der Waals surface area contributed by atoms with E-state index >= 15 is 0 Å². The molecule has 1 amide bonds. The second-order valence-electron chi connectivity index (χ2n) is 5.88. The van der Waals surface area contributed by atoms with Crippen LogP contribution in [0, 0.1) is 0 Å². The van der Waals surface area contributed by atoms with Gasteiger partial charge in [-0.05, 0) is 32.0 Å². The minimum Gasteiger partial charge on any atom is -0.441 e. The van der Waals surface area contributed by atoms with E-state index in [1.165, 1.54) is 0 Å². The van der Waals surface area contributed by atoms with Crippen molar-refractivity contribution in [2.45, 2.75) is 32.2 Å². The van der Waals surface area contributed by atoms with Crippen molar-refractivity contribution < 1.29 is 9.21 Å². The summed E-state index contributed by atoms with van der Waals surface area (Å²) in [7, 11) is 0. The Morgan fingerprint density at radius 3 is 2.78 bits per heavy atom. The van der Waals surface area contributed by atoms with E-state index < -0.39 is 5.54 Å². The molecule has 2 aromatic rings. The first-order chi connectivity index (χ1) is 10.8. The Kier molecular flexibility index (Phi) is 5.68. The Labute approximate surface area is 145 Å². The summed E-state index contributed by atoms with van der Waals surface area (Å²) >= 11 is 12.0. The standard InChI is InChI=1S/C16H19Cl2N3O2/c1-16(2,9-19)21-14(22)5-6-15-20-8-13(23-15)11-4-3-10(17)7-12(11)18/h3-4,7-8H,5-6,9,19H2,1-2H3,(H,21,22). The number of carbonyl (C=O) groups excluding carboxylic acids is 1. The molecule has 5 nitrogen and oxygen atoms in total. The Morgan fingerprint density at radius 2 is 2.13 bits per heavy atom. The molecule has 0 saturated carbocycles. The first-order valence-corrected chi connectivity index (χ1v) is 7.97. The van der Waals surface area contributed by atoms with Gasteiger partial charge in [-0.1, -0.05) is 23.2 Å². The predicted octanol–water partition coefficient (Wildman–Crippen LogP) is 3.43. The summed E-state index contributed by atoms with van der Waals surface area (Å²) in [6, 6.07) is 5.14. The number of nitrogens with zero attached hydrogens (tertiary/aromatic N) is 1. The van der Waals surface area contributed by atoms with E-state index in [0.29, 0.717) is 40.2 Å². The lowest BCUT2D eigenvalue weighted by molar-refractivity contribution is -0.122. The number of benzene rings is 1. The number of amides is 1. The van der Waals surface area contributed by atoms with Crippen molar-refractivity contribution in [2.24, 2.45) is 5.73 Å². The summed E-state index contributed by atoms with van der Waals surface area (Å²) in [4.78, 5) is 16.1. The molecule has 0 atom stereocenters. The fourth-order valence-corrected chi connectivity index (χ4v) is 2.45. The van der Waals surface area contributed by atoms with E-state index in [9.17, 15) is 4.79 Å². The number of rotatable bonds is 6. The van der Waals surface area contributed by atoms with Crippen LogP contribution in [0.25, 0.3) is 11.3 Å². The van der Waals surface area contributed by atoms with Crippen molar-refractivity contribution in [1.29, 1.82) is 0 Å². The third-order valence-electron chi connectivity index (χ3n) is 3.30. The van der Waals surface area contributed by atoms with Crippen LogP contribution in [0.15, 0.2) is 28.8 Å². The number of aromatic nitrogens is 1. The molecule has 23 heavy (non-hydrogen) atoms. The number of nitrogens with one attached hydrogen (secondary N) is 1. The number of nitrogens with two attached hydrogens (primary N) is 1. The van der Waals surface area contributed by atoms with Gasteiger partial charge in [0.1, 0.15) is 0 Å². The van der Waals surface area contributed by atoms with E-state index in [1.807, 2.05) is 13.8 Å². The SMILES string of the molecule is CC(C)(CN)NC(=O)CCc1ncc(-c2ccc(Cl)cc2Cl)o1. The lowest BCUT2D eigenvalue weighted by atomic mass is 10.1. The third-order valence-corrected chi connectivity index (χ3v) is 3.85. The average Bonchev–Trinajstić information content (AvgIpc) is 2.93. The first-order valence-electron chi connectivity index (χ1n) is 7.22. The van der Waals surface area contributed by atoms with Crippen LogP contribution in [-0.4, -0.2) is 23.0 Å². The molecule has 0 radical (unpaired) electrons. The van der Waals surface area contributed by atoms with Gasteiger partial charge in [-0.25, -0.2) is 4.98 Å². The molecule has 2 rings (SSSR count). The van der Waals surface area contributed by atoms with E-state index in [4.69, 9.17) is 33.4 Å². The van der Waals surface area contributed by atoms with Gasteiger partial charge in [0.25, 0.3) is 0 Å². The molecule has 0 spiro atoms. The second-order valence-corrected chi connectivity index (χ2v) is 6.72. The Morgan fingerprint density at radius 1 is 1.39 bits per heavy atom. The summed E-state index contributed by atoms with van der Waals surface area (Å²) in [5.41, 5.74) is 5.88. The van der Waals surface area contributed by atoms with Gasteiger partial charge in [0.15, 0.2) is 11.7 Å². The summed E-state index contributed by atoms with van der Waals surface area (Å²) in [6.07, 6.45) is 2.27. The van der Waals surface area contributed by atoms with Gasteiger partial charge in [-0.2, -0.15) is 0 Å². The normalized spacial score (nSPS) is 11.5. The second kappa shape index (κ2) is 7.34. The smallest absolute Gasteiger partial charge is 0.220 e. The van der Waals surface area contributed by atoms with Gasteiger partial charge in [-0.3, -0.25) is 4.79 Å². The molecule has 0 fully saturated rings. The number of hydrogen-bond acceptors (Lipinski definition) is 4. The zero-order valence-corrected chi connectivity index (χ0v) is 14.5. The highest BCUT2D eigenvalue weighted by Crippen LogP contribution is 2.30. The van der Waals surface area contributed by atoms with Gasteiger partial charge in [0, 0.05) is 35.5 Å². The van der Waals surface area contributed by atoms with Gasteiger partial charge >= 0.3 is 0 Å². The molecular weight excluding hydrogens is 337 g/mol. The average molecular weight is 356 g/mol. The lowest BCUT2D eigenvalue weighted by Crippen LogP contribution is -2.48. The molecule has 0 unspecified atom stereocenters. The van der Waals surface area contributed by atoms with Crippen molar-refractivity contribution in [2.75, 3.05) is 6.54 Å². The van der Waals surface area contributed by atoms with Gasteiger partial charge in [0.2, 0.25) is 5.91 Å². The van der Waals surface area contributed by atoms with Crippen LogP contribution in [0.2, 0.25) is 10.0 Å². The summed E-state index contributed by atoms with van der Waals surface area (Å²) in [6.45, 7) is 4.12. The molecule has 1 heterocycles. The van der Waals surface area contributed by atoms with Gasteiger partial charge < -0.3 is 15.5 Å². The minimum atomic E-state index is -0.421. The highest BCUT2D eigenvalue weighted by atomic mass is 35.5. The summed E-state index contributed by atoms with van der Waals surface area (Å²) in [5.74, 6) is 0.931. The highest BCUT2D eigenvalue weighted by Gasteiger charge is 2.18. The quantitative estimate of drug-likeness (QED) is 0.831. The van der Waals surface area contributed by atoms with E-state index in [2.05, 4.69) is 10.3 Å². The largest absolute Gasteiger partial charge is 0.441 e. The van der Waals surface area contributed by atoms with Crippen molar-refractivity contribution in [3.63, 3.8) is 0 Å². The van der Waals surface area contributed by atoms with E-state index in [1.54, 1.807) is 24.4 Å². The molecule has 1 aromatic heterocycles. The maximum Gasteiger partial charge on any atom is 0.220 e. The predicted molar refractivity (Wildman–Crippen MR) is 91.6 cm³/mol. The fourth-order valence-electron chi connectivity index (χ4n) is 1.95. The van der Waals surface area contributed by atoms with Crippen LogP contribution < -0.4 is 11.1 Å². The van der Waals surface area contributed by atoms with Crippen LogP contribution in [0.4, 0.5) is 0 Å². The van der Waals surface area contributed by atoms with E-state index in [-0.39, 0.29) is 12.3 Å². The Balaban J connectivity index is 1.99. The van der Waals surface area contributed by atoms with Crippen molar-refractivity contribution in [3.05, 3.63) is 40.3 Å². The number of hydrogen-bond donors (Lipinski definition) is 2. The molecule has 0 aliphatic heterocycles. The van der Waals surface area contributed by atoms with Crippen LogP contribution in [0.5, 0.6) is 0 Å². The monoisotopic (exact) mass is 355 g/mol. The maximum absolute atomic E-state index is 11.9. The molecule has 0 saturated heterocycles. The zero-order valence-electron chi connectivity index (χ0n) is 13.0. The number of carbonyl (C=O) groups is 1. The number of aryl methyl sites for hydroxylation is 1. The Hall–Kier alpha value is -1.56. The van der Waals surface area contributed by atoms with E-state index in [0.717, 1.165) is 0 Å². The molecule has 1 aromatic carbocycles. The topological polar surface area (TPSA) is 81.1 Å². The van der Waals surface area contributed by atoms with Crippen LogP contribution in [-0.2, 0) is 11.2 Å². The molecular formula is C16H19Cl2N3O2. The van der Waals surface area contributed by atoms with Crippen molar-refractivity contribution >= 4 is 29.1 Å². The minimum absolute atomic E-state index is 0.0928.